The average molecular weight is 643 g/mol. The molecule has 0 spiro atoms. The fourth-order valence-corrected chi connectivity index (χ4v) is 6.45. The first kappa shape index (κ1) is 35.6. The van der Waals surface area contributed by atoms with Crippen molar-refractivity contribution in [3.63, 3.8) is 0 Å². The Morgan fingerprint density at radius 2 is 1.96 bits per heavy atom. The van der Waals surface area contributed by atoms with Crippen LogP contribution in [-0.4, -0.2) is 71.8 Å². The van der Waals surface area contributed by atoms with Crippen LogP contribution in [0.25, 0.3) is 0 Å². The molecule has 6 unspecified atom stereocenters. The molecule has 9 nitrogen and oxygen atoms in total. The van der Waals surface area contributed by atoms with Gasteiger partial charge in [0, 0.05) is 31.0 Å². The molecule has 4 rings (SSSR count). The summed E-state index contributed by atoms with van der Waals surface area (Å²) in [7, 11) is 0. The van der Waals surface area contributed by atoms with E-state index < -0.39 is 24.2 Å². The molecular formula is C38H50N4O5. The van der Waals surface area contributed by atoms with E-state index >= 15 is 0 Å². The number of amides is 4. The predicted molar refractivity (Wildman–Crippen MR) is 184 cm³/mol. The quantitative estimate of drug-likeness (QED) is 0.211. The average Bonchev–Trinajstić information content (AvgIpc) is 3.30. The molecule has 0 saturated carbocycles. The zero-order valence-electron chi connectivity index (χ0n) is 28.1. The maximum atomic E-state index is 13.9. The first-order chi connectivity index (χ1) is 22.6. The number of allylic oxidation sites excluding steroid dienone is 8. The number of ether oxygens (including phenoxy) is 1. The lowest BCUT2D eigenvalue weighted by Gasteiger charge is -2.37. The molecule has 1 aliphatic heterocycles. The van der Waals surface area contributed by atoms with Crippen molar-refractivity contribution in [2.24, 2.45) is 17.8 Å². The number of benzene rings is 1. The number of carbonyl (C=O) groups excluding carboxylic acids is 3. The molecule has 1 saturated heterocycles. The number of aliphatic hydroxyl groups excluding tert-OH is 1. The zero-order valence-corrected chi connectivity index (χ0v) is 28.1. The molecule has 0 aromatic heterocycles. The highest BCUT2D eigenvalue weighted by Gasteiger charge is 2.36. The van der Waals surface area contributed by atoms with Crippen LogP contribution in [0, 0.1) is 29.6 Å². The molecule has 6 atom stereocenters. The van der Waals surface area contributed by atoms with Gasteiger partial charge in [0.25, 0.3) is 5.91 Å². The van der Waals surface area contributed by atoms with E-state index in [9.17, 15) is 19.5 Å². The summed E-state index contributed by atoms with van der Waals surface area (Å²) in [6.07, 6.45) is 13.2. The molecule has 3 aliphatic rings. The van der Waals surface area contributed by atoms with Gasteiger partial charge in [0.2, 0.25) is 5.91 Å². The van der Waals surface area contributed by atoms with Gasteiger partial charge in [-0.1, -0.05) is 93.3 Å². The molecule has 252 valence electrons. The number of hydrogen-bond donors (Lipinski definition) is 4. The Labute approximate surface area is 279 Å². The fourth-order valence-electron chi connectivity index (χ4n) is 6.45. The molecule has 1 aromatic rings. The van der Waals surface area contributed by atoms with Crippen LogP contribution in [0.15, 0.2) is 78.1 Å². The molecule has 0 bridgehead atoms. The molecule has 1 aromatic carbocycles. The Bertz CT molecular complexity index is 1420. The molecule has 1 fully saturated rings. The predicted octanol–water partition coefficient (Wildman–Crippen LogP) is 4.41. The van der Waals surface area contributed by atoms with Crippen molar-refractivity contribution in [1.82, 2.24) is 20.9 Å². The Morgan fingerprint density at radius 3 is 2.68 bits per heavy atom. The lowest BCUT2D eigenvalue weighted by molar-refractivity contribution is -0.129. The summed E-state index contributed by atoms with van der Waals surface area (Å²) in [6.45, 7) is 8.82. The Morgan fingerprint density at radius 1 is 1.17 bits per heavy atom. The summed E-state index contributed by atoms with van der Waals surface area (Å²) >= 11 is 0. The normalized spacial score (nSPS) is 21.6. The summed E-state index contributed by atoms with van der Waals surface area (Å²) in [6, 6.07) is 7.75. The van der Waals surface area contributed by atoms with Gasteiger partial charge in [0.15, 0.2) is 6.61 Å². The Balaban J connectivity index is 1.52. The summed E-state index contributed by atoms with van der Waals surface area (Å²) in [4.78, 5) is 41.5. The van der Waals surface area contributed by atoms with Gasteiger partial charge in [-0.25, -0.2) is 4.79 Å². The van der Waals surface area contributed by atoms with Gasteiger partial charge in [-0.2, -0.15) is 0 Å². The van der Waals surface area contributed by atoms with Crippen molar-refractivity contribution >= 4 is 17.8 Å². The number of aliphatic hydroxyl groups is 1. The minimum atomic E-state index is -1.01. The van der Waals surface area contributed by atoms with Crippen LogP contribution in [0.1, 0.15) is 58.9 Å². The maximum Gasteiger partial charge on any atom is 0.318 e. The van der Waals surface area contributed by atoms with Crippen molar-refractivity contribution in [2.45, 2.75) is 84.0 Å². The van der Waals surface area contributed by atoms with E-state index in [1.54, 1.807) is 11.0 Å². The standard InChI is InChI=1S/C38H50N4O5/c1-26(2)35(42-21-13-20-39-38(42)46)37(45)40-31(22-29-16-10-7-11-17-29)24-33(43)32(23-30-18-8-5-6-9-19-30)41-34(44)25-47-36-27(3)14-12-15-28(36)4/h5-8,10-12,14,16-18,26,28,30-33,35,43H,13,15,20-25H2,1-4H3,(H,39,46)(H,40,45)(H,41,44). The van der Waals surface area contributed by atoms with Crippen LogP contribution < -0.4 is 16.0 Å². The summed E-state index contributed by atoms with van der Waals surface area (Å²) in [5.41, 5.74) is 2.00. The largest absolute Gasteiger partial charge is 0.488 e. The van der Waals surface area contributed by atoms with Gasteiger partial charge in [0.1, 0.15) is 11.8 Å². The van der Waals surface area contributed by atoms with E-state index in [1.807, 2.05) is 75.4 Å². The van der Waals surface area contributed by atoms with Crippen molar-refractivity contribution in [1.29, 1.82) is 0 Å². The third-order valence-electron chi connectivity index (χ3n) is 8.82. The minimum absolute atomic E-state index is 0.122. The van der Waals surface area contributed by atoms with Gasteiger partial charge in [0.05, 0.1) is 12.1 Å². The molecule has 9 heteroatoms. The van der Waals surface area contributed by atoms with Gasteiger partial charge < -0.3 is 30.7 Å². The molecule has 2 aliphatic carbocycles. The van der Waals surface area contributed by atoms with E-state index in [1.165, 1.54) is 0 Å². The molecule has 4 N–H and O–H groups in total. The third kappa shape index (κ3) is 10.6. The van der Waals surface area contributed by atoms with Crippen molar-refractivity contribution in [2.75, 3.05) is 19.7 Å². The van der Waals surface area contributed by atoms with Gasteiger partial charge in [-0.3, -0.25) is 9.59 Å². The highest BCUT2D eigenvalue weighted by Crippen LogP contribution is 2.26. The van der Waals surface area contributed by atoms with Crippen LogP contribution in [-0.2, 0) is 20.7 Å². The van der Waals surface area contributed by atoms with Crippen molar-refractivity contribution in [3.05, 3.63) is 83.7 Å². The van der Waals surface area contributed by atoms with E-state index in [4.69, 9.17) is 4.74 Å². The van der Waals surface area contributed by atoms with Gasteiger partial charge in [-0.15, -0.1) is 0 Å². The lowest BCUT2D eigenvalue weighted by Crippen LogP contribution is -2.59. The third-order valence-corrected chi connectivity index (χ3v) is 8.82. The Kier molecular flexibility index (Phi) is 13.3. The lowest BCUT2D eigenvalue weighted by atomic mass is 9.90. The smallest absolute Gasteiger partial charge is 0.318 e. The molecule has 1 heterocycles. The number of rotatable bonds is 15. The molecular weight excluding hydrogens is 592 g/mol. The van der Waals surface area contributed by atoms with Gasteiger partial charge >= 0.3 is 6.03 Å². The maximum absolute atomic E-state index is 13.9. The number of hydrogen-bond acceptors (Lipinski definition) is 5. The summed E-state index contributed by atoms with van der Waals surface area (Å²) in [5, 5.41) is 20.8. The second kappa shape index (κ2) is 17.6. The first-order valence-electron chi connectivity index (χ1n) is 16.8. The van der Waals surface area contributed by atoms with Crippen LogP contribution in [0.3, 0.4) is 0 Å². The second-order valence-corrected chi connectivity index (χ2v) is 13.1. The van der Waals surface area contributed by atoms with Crippen molar-refractivity contribution in [3.8, 4) is 11.8 Å². The second-order valence-electron chi connectivity index (χ2n) is 13.1. The van der Waals surface area contributed by atoms with Crippen LogP contribution in [0.2, 0.25) is 0 Å². The molecule has 47 heavy (non-hydrogen) atoms. The van der Waals surface area contributed by atoms with E-state index in [0.29, 0.717) is 25.9 Å². The zero-order chi connectivity index (χ0) is 33.8. The van der Waals surface area contributed by atoms with E-state index in [-0.39, 0.29) is 48.6 Å². The molecule has 4 amide bonds. The van der Waals surface area contributed by atoms with Crippen LogP contribution >= 0.6 is 0 Å². The highest BCUT2D eigenvalue weighted by atomic mass is 16.5. The van der Waals surface area contributed by atoms with E-state index in [0.717, 1.165) is 29.7 Å². The fraction of sp³-hybridized carbons (Fsp3) is 0.500. The first-order valence-corrected chi connectivity index (χ1v) is 16.8. The van der Waals surface area contributed by atoms with Crippen LogP contribution in [0.5, 0.6) is 0 Å². The topological polar surface area (TPSA) is 120 Å². The van der Waals surface area contributed by atoms with Crippen LogP contribution in [0.4, 0.5) is 4.79 Å². The van der Waals surface area contributed by atoms with E-state index in [2.05, 4.69) is 40.8 Å². The highest BCUT2D eigenvalue weighted by molar-refractivity contribution is 5.87. The monoisotopic (exact) mass is 642 g/mol. The van der Waals surface area contributed by atoms with Gasteiger partial charge in [-0.05, 0) is 62.2 Å². The minimum Gasteiger partial charge on any atom is -0.488 e. The number of urea groups is 1. The number of nitrogens with zero attached hydrogens (tertiary/aromatic N) is 1. The van der Waals surface area contributed by atoms with Crippen molar-refractivity contribution < 1.29 is 24.2 Å². The molecule has 0 radical (unpaired) electrons. The summed E-state index contributed by atoms with van der Waals surface area (Å²) in [5.74, 6) is 6.27. The number of carbonyl (C=O) groups is 3. The SMILES string of the molecule is CC1=C(OCC(=O)NC(CC2C#CC=CC=C2)C(O)CC(Cc2ccccc2)NC(=O)C(C(C)C)N2CCCNC2=O)C(C)CC=C1. The Hall–Kier alpha value is -4.29. The summed E-state index contributed by atoms with van der Waals surface area (Å²) < 4.78 is 5.98. The number of nitrogens with one attached hydrogen (secondary N) is 3.